The molecule has 0 bridgehead atoms. The number of benzene rings is 5. The van der Waals surface area contributed by atoms with Gasteiger partial charge in [0.1, 0.15) is 11.2 Å². The summed E-state index contributed by atoms with van der Waals surface area (Å²) in [6.45, 7) is 0. The number of hydrogen-bond acceptors (Lipinski definition) is 1. The Morgan fingerprint density at radius 3 is 2.23 bits per heavy atom. The maximum absolute atomic E-state index is 6.16. The summed E-state index contributed by atoms with van der Waals surface area (Å²) in [7, 11) is 2.17. The number of rotatable bonds is 1. The molecule has 0 saturated heterocycles. The minimum Gasteiger partial charge on any atom is -0.456 e. The van der Waals surface area contributed by atoms with Crippen LogP contribution in [0.1, 0.15) is 0 Å². The predicted molar refractivity (Wildman–Crippen MR) is 131 cm³/mol. The number of furan rings is 1. The van der Waals surface area contributed by atoms with Crippen LogP contribution in [0, 0.1) is 0 Å². The van der Waals surface area contributed by atoms with Gasteiger partial charge in [0.15, 0.2) is 0 Å². The van der Waals surface area contributed by atoms with E-state index in [4.69, 9.17) is 4.42 Å². The van der Waals surface area contributed by atoms with Crippen molar-refractivity contribution in [3.8, 4) is 11.1 Å². The van der Waals surface area contributed by atoms with Crippen molar-refractivity contribution in [2.45, 2.75) is 0 Å². The Kier molecular flexibility index (Phi) is 3.23. The molecule has 0 saturated carbocycles. The van der Waals surface area contributed by atoms with Gasteiger partial charge in [-0.1, -0.05) is 66.7 Å². The highest BCUT2D eigenvalue weighted by Gasteiger charge is 2.15. The minimum absolute atomic E-state index is 0.931. The van der Waals surface area contributed by atoms with Gasteiger partial charge in [-0.3, -0.25) is 0 Å². The van der Waals surface area contributed by atoms with Crippen LogP contribution < -0.4 is 0 Å². The third kappa shape index (κ3) is 2.27. The van der Waals surface area contributed by atoms with Crippen LogP contribution >= 0.6 is 0 Å². The van der Waals surface area contributed by atoms with E-state index < -0.39 is 0 Å². The first-order valence-corrected chi connectivity index (χ1v) is 10.6. The lowest BCUT2D eigenvalue weighted by molar-refractivity contribution is 0.669. The molecule has 0 spiro atoms. The average molecular weight is 397 g/mol. The molecule has 31 heavy (non-hydrogen) atoms. The van der Waals surface area contributed by atoms with Gasteiger partial charge in [-0.2, -0.15) is 0 Å². The molecule has 2 aromatic heterocycles. The molecule has 2 heteroatoms. The Balaban J connectivity index is 1.55. The molecular formula is C29H19NO. The van der Waals surface area contributed by atoms with Gasteiger partial charge in [-0.15, -0.1) is 0 Å². The van der Waals surface area contributed by atoms with E-state index in [1.807, 2.05) is 12.1 Å². The first-order valence-electron chi connectivity index (χ1n) is 10.6. The Morgan fingerprint density at radius 1 is 0.581 bits per heavy atom. The summed E-state index contributed by atoms with van der Waals surface area (Å²) < 4.78 is 8.49. The molecule has 0 aliphatic rings. The fourth-order valence-electron chi connectivity index (χ4n) is 5.09. The molecule has 0 amide bonds. The quantitative estimate of drug-likeness (QED) is 0.274. The van der Waals surface area contributed by atoms with E-state index in [9.17, 15) is 0 Å². The van der Waals surface area contributed by atoms with E-state index in [-0.39, 0.29) is 0 Å². The molecule has 0 aliphatic carbocycles. The van der Waals surface area contributed by atoms with Crippen LogP contribution in [-0.4, -0.2) is 4.57 Å². The Morgan fingerprint density at radius 2 is 1.32 bits per heavy atom. The zero-order valence-electron chi connectivity index (χ0n) is 17.1. The fourth-order valence-corrected chi connectivity index (χ4v) is 5.09. The normalized spacial score (nSPS) is 12.0. The molecule has 7 aromatic rings. The lowest BCUT2D eigenvalue weighted by Crippen LogP contribution is -1.90. The second kappa shape index (κ2) is 5.99. The molecule has 0 unspecified atom stereocenters. The lowest BCUT2D eigenvalue weighted by atomic mass is 10.00. The molecular weight excluding hydrogens is 378 g/mol. The highest BCUT2D eigenvalue weighted by atomic mass is 16.3. The van der Waals surface area contributed by atoms with E-state index in [2.05, 4.69) is 96.5 Å². The summed E-state index contributed by atoms with van der Waals surface area (Å²) in [6.07, 6.45) is 0. The van der Waals surface area contributed by atoms with Crippen molar-refractivity contribution >= 4 is 54.5 Å². The highest BCUT2D eigenvalue weighted by molar-refractivity contribution is 6.16. The molecule has 146 valence electrons. The summed E-state index contributed by atoms with van der Waals surface area (Å²) in [5, 5.41) is 7.45. The average Bonchev–Trinajstić information content (AvgIpc) is 3.32. The van der Waals surface area contributed by atoms with Gasteiger partial charge in [0, 0.05) is 39.7 Å². The van der Waals surface area contributed by atoms with E-state index in [1.165, 1.54) is 49.1 Å². The van der Waals surface area contributed by atoms with Crippen molar-refractivity contribution < 1.29 is 4.42 Å². The third-order valence-electron chi connectivity index (χ3n) is 6.58. The van der Waals surface area contributed by atoms with Gasteiger partial charge < -0.3 is 8.98 Å². The zero-order chi connectivity index (χ0) is 20.5. The van der Waals surface area contributed by atoms with Gasteiger partial charge >= 0.3 is 0 Å². The lowest BCUT2D eigenvalue weighted by Gasteiger charge is -2.07. The number of aromatic nitrogens is 1. The Labute approximate surface area is 178 Å². The fraction of sp³-hybridized carbons (Fsp3) is 0.0345. The maximum atomic E-state index is 6.16. The molecule has 2 nitrogen and oxygen atoms in total. The minimum atomic E-state index is 0.931. The van der Waals surface area contributed by atoms with Gasteiger partial charge in [-0.25, -0.2) is 0 Å². The highest BCUT2D eigenvalue weighted by Crippen LogP contribution is 2.38. The van der Waals surface area contributed by atoms with Crippen LogP contribution in [0.2, 0.25) is 0 Å². The first-order chi connectivity index (χ1) is 15.3. The number of fused-ring (bicyclic) bond motifs is 7. The van der Waals surface area contributed by atoms with Crippen molar-refractivity contribution in [3.63, 3.8) is 0 Å². The summed E-state index contributed by atoms with van der Waals surface area (Å²) in [5.74, 6) is 0. The SMILES string of the molecule is Cn1c2cc3ccccc3cc2c2cccc(-c3ccc4c(c3)oc3ccccc34)c21. The molecule has 2 heterocycles. The second-order valence-electron chi connectivity index (χ2n) is 8.29. The number of para-hydroxylation sites is 2. The topological polar surface area (TPSA) is 18.1 Å². The van der Waals surface area contributed by atoms with E-state index in [0.29, 0.717) is 0 Å². The first kappa shape index (κ1) is 16.7. The van der Waals surface area contributed by atoms with Crippen molar-refractivity contribution in [2.24, 2.45) is 7.05 Å². The zero-order valence-corrected chi connectivity index (χ0v) is 17.1. The van der Waals surface area contributed by atoms with Crippen LogP contribution in [0.15, 0.2) is 101 Å². The Bertz CT molecular complexity index is 1800. The largest absolute Gasteiger partial charge is 0.456 e. The molecule has 0 aliphatic heterocycles. The number of aryl methyl sites for hydroxylation is 1. The molecule has 0 fully saturated rings. The maximum Gasteiger partial charge on any atom is 0.136 e. The van der Waals surface area contributed by atoms with Crippen molar-refractivity contribution in [3.05, 3.63) is 97.1 Å². The van der Waals surface area contributed by atoms with Gasteiger partial charge in [-0.05, 0) is 46.7 Å². The molecule has 0 radical (unpaired) electrons. The number of nitrogens with zero attached hydrogens (tertiary/aromatic N) is 1. The standard InChI is InChI=1S/C29H19NO/c1-30-26-16-19-8-3-2-7-18(19)15-25(26)24-11-6-10-21(29(24)30)20-13-14-23-22-9-4-5-12-27(22)31-28(23)17-20/h2-17H,1H3. The molecule has 0 atom stereocenters. The molecule has 7 rings (SSSR count). The van der Waals surface area contributed by atoms with Crippen molar-refractivity contribution in [2.75, 3.05) is 0 Å². The van der Waals surface area contributed by atoms with Crippen LogP contribution in [0.5, 0.6) is 0 Å². The van der Waals surface area contributed by atoms with E-state index >= 15 is 0 Å². The van der Waals surface area contributed by atoms with Gasteiger partial charge in [0.05, 0.1) is 5.52 Å². The van der Waals surface area contributed by atoms with Crippen LogP contribution in [0.3, 0.4) is 0 Å². The van der Waals surface area contributed by atoms with Crippen LogP contribution in [0.25, 0.3) is 65.6 Å². The molecule has 5 aromatic carbocycles. The number of hydrogen-bond donors (Lipinski definition) is 0. The summed E-state index contributed by atoms with van der Waals surface area (Å²) in [6, 6.07) is 34.6. The van der Waals surface area contributed by atoms with Crippen molar-refractivity contribution in [1.82, 2.24) is 4.57 Å². The van der Waals surface area contributed by atoms with E-state index in [1.54, 1.807) is 0 Å². The smallest absolute Gasteiger partial charge is 0.136 e. The Hall–Kier alpha value is -4.04. The summed E-state index contributed by atoms with van der Waals surface area (Å²) in [5.41, 5.74) is 6.77. The van der Waals surface area contributed by atoms with Gasteiger partial charge in [0.25, 0.3) is 0 Å². The predicted octanol–water partition coefficient (Wildman–Crippen LogP) is 8.05. The van der Waals surface area contributed by atoms with Crippen LogP contribution in [0.4, 0.5) is 0 Å². The summed E-state index contributed by atoms with van der Waals surface area (Å²) >= 11 is 0. The van der Waals surface area contributed by atoms with Crippen LogP contribution in [-0.2, 0) is 7.05 Å². The van der Waals surface area contributed by atoms with Gasteiger partial charge in [0.2, 0.25) is 0 Å². The second-order valence-corrected chi connectivity index (χ2v) is 8.29. The monoisotopic (exact) mass is 397 g/mol. The molecule has 0 N–H and O–H groups in total. The van der Waals surface area contributed by atoms with Crippen molar-refractivity contribution in [1.29, 1.82) is 0 Å². The third-order valence-corrected chi connectivity index (χ3v) is 6.58. The summed E-state index contributed by atoms with van der Waals surface area (Å²) in [4.78, 5) is 0. The van der Waals surface area contributed by atoms with E-state index in [0.717, 1.165) is 16.6 Å².